The first-order valence-electron chi connectivity index (χ1n) is 10.1. The van der Waals surface area contributed by atoms with Crippen molar-refractivity contribution < 1.29 is 9.21 Å². The molecule has 2 heterocycles. The van der Waals surface area contributed by atoms with Gasteiger partial charge in [-0.3, -0.25) is 4.79 Å². The van der Waals surface area contributed by atoms with Gasteiger partial charge in [0.25, 0.3) is 0 Å². The van der Waals surface area contributed by atoms with E-state index in [1.807, 2.05) is 35.2 Å². The molecule has 1 atom stereocenters. The SMILES string of the molecule is Cc1ccc(-c2cnc(CCC(=O)N3CCN(C)C[C@@H]3c3ccccc3)o2)cc1. The molecule has 1 aliphatic heterocycles. The first-order valence-corrected chi connectivity index (χ1v) is 10.1. The van der Waals surface area contributed by atoms with Gasteiger partial charge in [-0.15, -0.1) is 0 Å². The summed E-state index contributed by atoms with van der Waals surface area (Å²) < 4.78 is 5.89. The molecule has 1 saturated heterocycles. The maximum absolute atomic E-state index is 13.0. The standard InChI is InChI=1S/C24H27N3O2/c1-18-8-10-20(11-9-18)22-16-25-23(29-22)12-13-24(28)27-15-14-26(2)17-21(27)19-6-4-3-5-7-19/h3-11,16,21H,12-15,17H2,1-2H3/t21-/m1/s1. The first kappa shape index (κ1) is 19.4. The highest BCUT2D eigenvalue weighted by molar-refractivity contribution is 5.77. The predicted octanol–water partition coefficient (Wildman–Crippen LogP) is 4.10. The lowest BCUT2D eigenvalue weighted by Crippen LogP contribution is -2.49. The van der Waals surface area contributed by atoms with Crippen LogP contribution in [-0.2, 0) is 11.2 Å². The average Bonchev–Trinajstić information content (AvgIpc) is 3.22. The van der Waals surface area contributed by atoms with Crippen LogP contribution in [0.15, 0.2) is 65.2 Å². The van der Waals surface area contributed by atoms with E-state index >= 15 is 0 Å². The second-order valence-corrected chi connectivity index (χ2v) is 7.76. The zero-order chi connectivity index (χ0) is 20.2. The summed E-state index contributed by atoms with van der Waals surface area (Å²) in [6.45, 7) is 4.55. The first-order chi connectivity index (χ1) is 14.1. The summed E-state index contributed by atoms with van der Waals surface area (Å²) in [4.78, 5) is 21.7. The number of hydrogen-bond acceptors (Lipinski definition) is 4. The summed E-state index contributed by atoms with van der Waals surface area (Å²) in [6, 6.07) is 18.5. The number of nitrogens with zero attached hydrogens (tertiary/aromatic N) is 3. The van der Waals surface area contributed by atoms with Gasteiger partial charge >= 0.3 is 0 Å². The highest BCUT2D eigenvalue weighted by Crippen LogP contribution is 2.26. The Morgan fingerprint density at radius 2 is 1.86 bits per heavy atom. The van der Waals surface area contributed by atoms with Crippen molar-refractivity contribution in [2.75, 3.05) is 26.7 Å². The minimum absolute atomic E-state index is 0.0927. The molecule has 1 aliphatic rings. The molecule has 150 valence electrons. The molecule has 5 heteroatoms. The Labute approximate surface area is 172 Å². The van der Waals surface area contributed by atoms with Gasteiger partial charge in [0.15, 0.2) is 11.7 Å². The van der Waals surface area contributed by atoms with Crippen LogP contribution in [0.2, 0.25) is 0 Å². The molecule has 1 fully saturated rings. The number of hydrogen-bond donors (Lipinski definition) is 0. The number of likely N-dealkylation sites (N-methyl/N-ethyl adjacent to an activating group) is 1. The van der Waals surface area contributed by atoms with Gasteiger partial charge in [0, 0.05) is 38.0 Å². The third-order valence-corrected chi connectivity index (χ3v) is 5.53. The van der Waals surface area contributed by atoms with E-state index in [0.717, 1.165) is 31.0 Å². The summed E-state index contributed by atoms with van der Waals surface area (Å²) in [5, 5.41) is 0. The topological polar surface area (TPSA) is 49.6 Å². The lowest BCUT2D eigenvalue weighted by Gasteiger charge is -2.40. The summed E-state index contributed by atoms with van der Waals surface area (Å²) in [5.41, 5.74) is 3.40. The molecule has 0 saturated carbocycles. The quantitative estimate of drug-likeness (QED) is 0.659. The Morgan fingerprint density at radius 1 is 1.10 bits per heavy atom. The number of piperazine rings is 1. The molecular weight excluding hydrogens is 362 g/mol. The fraction of sp³-hybridized carbons (Fsp3) is 0.333. The van der Waals surface area contributed by atoms with Crippen molar-refractivity contribution in [3.05, 3.63) is 77.8 Å². The van der Waals surface area contributed by atoms with E-state index < -0.39 is 0 Å². The lowest BCUT2D eigenvalue weighted by molar-refractivity contribution is -0.136. The molecule has 0 aliphatic carbocycles. The van der Waals surface area contributed by atoms with Gasteiger partial charge in [-0.2, -0.15) is 0 Å². The van der Waals surface area contributed by atoms with E-state index in [1.165, 1.54) is 11.1 Å². The van der Waals surface area contributed by atoms with Gasteiger partial charge in [-0.25, -0.2) is 4.98 Å². The number of oxazole rings is 1. The van der Waals surface area contributed by atoms with E-state index in [2.05, 4.69) is 48.1 Å². The Morgan fingerprint density at radius 3 is 2.62 bits per heavy atom. The van der Waals surface area contributed by atoms with Gasteiger partial charge in [0.05, 0.1) is 12.2 Å². The molecule has 1 amide bonds. The van der Waals surface area contributed by atoms with Crippen LogP contribution in [0.1, 0.15) is 29.5 Å². The lowest BCUT2D eigenvalue weighted by atomic mass is 10.0. The Balaban J connectivity index is 1.41. The van der Waals surface area contributed by atoms with E-state index in [9.17, 15) is 4.79 Å². The molecule has 0 unspecified atom stereocenters. The molecule has 3 aromatic rings. The molecular formula is C24H27N3O2. The van der Waals surface area contributed by atoms with Crippen LogP contribution in [0.5, 0.6) is 0 Å². The van der Waals surface area contributed by atoms with Crippen LogP contribution >= 0.6 is 0 Å². The fourth-order valence-electron chi connectivity index (χ4n) is 3.81. The molecule has 0 bridgehead atoms. The molecule has 1 aromatic heterocycles. The van der Waals surface area contributed by atoms with Crippen LogP contribution < -0.4 is 0 Å². The van der Waals surface area contributed by atoms with Crippen molar-refractivity contribution >= 4 is 5.91 Å². The normalized spacial score (nSPS) is 17.4. The molecule has 0 spiro atoms. The number of aromatic nitrogens is 1. The van der Waals surface area contributed by atoms with Crippen molar-refractivity contribution in [2.24, 2.45) is 0 Å². The van der Waals surface area contributed by atoms with Gasteiger partial charge in [0.1, 0.15) is 0 Å². The number of amides is 1. The van der Waals surface area contributed by atoms with Crippen LogP contribution in [-0.4, -0.2) is 47.4 Å². The third kappa shape index (κ3) is 4.57. The van der Waals surface area contributed by atoms with E-state index in [1.54, 1.807) is 6.20 Å². The Hall–Kier alpha value is -2.92. The van der Waals surface area contributed by atoms with Crippen molar-refractivity contribution in [3.8, 4) is 11.3 Å². The Kier molecular flexibility index (Phi) is 5.76. The number of rotatable bonds is 5. The van der Waals surface area contributed by atoms with E-state index in [-0.39, 0.29) is 11.9 Å². The third-order valence-electron chi connectivity index (χ3n) is 5.53. The van der Waals surface area contributed by atoms with Gasteiger partial charge in [0.2, 0.25) is 5.91 Å². The predicted molar refractivity (Wildman–Crippen MR) is 113 cm³/mol. The van der Waals surface area contributed by atoms with Gasteiger partial charge < -0.3 is 14.2 Å². The van der Waals surface area contributed by atoms with Gasteiger partial charge in [-0.05, 0) is 19.5 Å². The summed E-state index contributed by atoms with van der Waals surface area (Å²) >= 11 is 0. The molecule has 2 aromatic carbocycles. The number of carbonyl (C=O) groups excluding carboxylic acids is 1. The van der Waals surface area contributed by atoms with Crippen LogP contribution in [0.4, 0.5) is 0 Å². The summed E-state index contributed by atoms with van der Waals surface area (Å²) in [7, 11) is 2.11. The smallest absolute Gasteiger partial charge is 0.223 e. The summed E-state index contributed by atoms with van der Waals surface area (Å²) in [6.07, 6.45) is 2.66. The minimum atomic E-state index is 0.0927. The zero-order valence-electron chi connectivity index (χ0n) is 17.0. The average molecular weight is 389 g/mol. The zero-order valence-corrected chi connectivity index (χ0v) is 17.0. The number of benzene rings is 2. The Bertz CT molecular complexity index is 950. The van der Waals surface area contributed by atoms with Crippen LogP contribution in [0.3, 0.4) is 0 Å². The largest absolute Gasteiger partial charge is 0.441 e. The molecule has 0 N–H and O–H groups in total. The number of carbonyl (C=O) groups is 1. The van der Waals surface area contributed by atoms with Gasteiger partial charge in [-0.1, -0.05) is 60.2 Å². The monoisotopic (exact) mass is 389 g/mol. The maximum Gasteiger partial charge on any atom is 0.223 e. The molecule has 0 radical (unpaired) electrons. The maximum atomic E-state index is 13.0. The summed E-state index contributed by atoms with van der Waals surface area (Å²) in [5.74, 6) is 1.51. The van der Waals surface area contributed by atoms with Crippen molar-refractivity contribution in [1.29, 1.82) is 0 Å². The van der Waals surface area contributed by atoms with Crippen LogP contribution in [0.25, 0.3) is 11.3 Å². The minimum Gasteiger partial charge on any atom is -0.441 e. The second-order valence-electron chi connectivity index (χ2n) is 7.76. The van der Waals surface area contributed by atoms with Crippen LogP contribution in [0, 0.1) is 6.92 Å². The van der Waals surface area contributed by atoms with Crippen molar-refractivity contribution in [3.63, 3.8) is 0 Å². The highest BCUT2D eigenvalue weighted by Gasteiger charge is 2.30. The van der Waals surface area contributed by atoms with E-state index in [0.29, 0.717) is 18.7 Å². The van der Waals surface area contributed by atoms with Crippen molar-refractivity contribution in [1.82, 2.24) is 14.8 Å². The van der Waals surface area contributed by atoms with E-state index in [4.69, 9.17) is 4.42 Å². The van der Waals surface area contributed by atoms with Crippen molar-refractivity contribution in [2.45, 2.75) is 25.8 Å². The number of aryl methyl sites for hydroxylation is 2. The molecule has 5 nitrogen and oxygen atoms in total. The molecule has 4 rings (SSSR count). The molecule has 29 heavy (non-hydrogen) atoms. The highest BCUT2D eigenvalue weighted by atomic mass is 16.4. The fourth-order valence-corrected chi connectivity index (χ4v) is 3.81. The second kappa shape index (κ2) is 8.62.